The van der Waals surface area contributed by atoms with Gasteiger partial charge in [-0.3, -0.25) is 11.3 Å². The van der Waals surface area contributed by atoms with Crippen LogP contribution in [-0.2, 0) is 6.42 Å². The molecule has 0 radical (unpaired) electrons. The van der Waals surface area contributed by atoms with Gasteiger partial charge in [0.1, 0.15) is 0 Å². The largest absolute Gasteiger partial charge is 0.271 e. The Morgan fingerprint density at radius 2 is 2.00 bits per heavy atom. The molecule has 4 heteroatoms. The fourth-order valence-corrected chi connectivity index (χ4v) is 3.71. The number of nitrogens with two attached hydrogens (primary N) is 1. The maximum atomic E-state index is 6.25. The van der Waals surface area contributed by atoms with E-state index in [0.29, 0.717) is 5.92 Å². The number of hydrogen-bond acceptors (Lipinski definition) is 2. The summed E-state index contributed by atoms with van der Waals surface area (Å²) in [5.74, 6) is 7.16. The summed E-state index contributed by atoms with van der Waals surface area (Å²) < 4.78 is 0. The molecule has 1 aromatic carbocycles. The zero-order valence-electron chi connectivity index (χ0n) is 11.3. The van der Waals surface area contributed by atoms with Gasteiger partial charge < -0.3 is 0 Å². The van der Waals surface area contributed by atoms with Gasteiger partial charge in [-0.15, -0.1) is 0 Å². The summed E-state index contributed by atoms with van der Waals surface area (Å²) in [6.07, 6.45) is 5.89. The Hall–Kier alpha value is -0.280. The SMILES string of the molecule is CC1CCCC(C(Cc2c(Cl)cccc2Cl)NN)C1. The van der Waals surface area contributed by atoms with Crippen LogP contribution in [0.4, 0.5) is 0 Å². The van der Waals surface area contributed by atoms with E-state index in [9.17, 15) is 0 Å². The highest BCUT2D eigenvalue weighted by Crippen LogP contribution is 2.33. The van der Waals surface area contributed by atoms with Gasteiger partial charge >= 0.3 is 0 Å². The maximum Gasteiger partial charge on any atom is 0.0453 e. The zero-order valence-corrected chi connectivity index (χ0v) is 12.8. The predicted molar refractivity (Wildman–Crippen MR) is 82.4 cm³/mol. The Kier molecular flexibility index (Phi) is 5.52. The summed E-state index contributed by atoms with van der Waals surface area (Å²) in [4.78, 5) is 0. The minimum Gasteiger partial charge on any atom is -0.271 e. The molecule has 0 bridgehead atoms. The van der Waals surface area contributed by atoms with Crippen LogP contribution in [0.25, 0.3) is 0 Å². The van der Waals surface area contributed by atoms with Gasteiger partial charge in [0.25, 0.3) is 0 Å². The summed E-state index contributed by atoms with van der Waals surface area (Å²) in [5.41, 5.74) is 3.98. The summed E-state index contributed by atoms with van der Waals surface area (Å²) in [5, 5.41) is 1.47. The van der Waals surface area contributed by atoms with E-state index in [-0.39, 0.29) is 6.04 Å². The number of hydrogen-bond donors (Lipinski definition) is 2. The smallest absolute Gasteiger partial charge is 0.0453 e. The lowest BCUT2D eigenvalue weighted by Gasteiger charge is -2.33. The molecule has 3 N–H and O–H groups in total. The highest BCUT2D eigenvalue weighted by molar-refractivity contribution is 6.36. The van der Waals surface area contributed by atoms with Crippen molar-refractivity contribution in [3.63, 3.8) is 0 Å². The maximum absolute atomic E-state index is 6.25. The fourth-order valence-electron chi connectivity index (χ4n) is 3.16. The lowest BCUT2D eigenvalue weighted by molar-refractivity contribution is 0.222. The van der Waals surface area contributed by atoms with Crippen LogP contribution in [-0.4, -0.2) is 6.04 Å². The minimum atomic E-state index is 0.250. The number of hydrazine groups is 1. The zero-order chi connectivity index (χ0) is 13.8. The molecular formula is C15H22Cl2N2. The highest BCUT2D eigenvalue weighted by atomic mass is 35.5. The third kappa shape index (κ3) is 3.85. The molecule has 0 saturated heterocycles. The molecule has 2 nitrogen and oxygen atoms in total. The molecule has 0 amide bonds. The first-order valence-corrected chi connectivity index (χ1v) is 7.76. The molecule has 1 fully saturated rings. The fraction of sp³-hybridized carbons (Fsp3) is 0.600. The average molecular weight is 301 g/mol. The van der Waals surface area contributed by atoms with Crippen molar-refractivity contribution in [2.24, 2.45) is 17.7 Å². The van der Waals surface area contributed by atoms with Gasteiger partial charge in [0.05, 0.1) is 0 Å². The van der Waals surface area contributed by atoms with E-state index in [1.807, 2.05) is 18.2 Å². The van der Waals surface area contributed by atoms with E-state index in [1.54, 1.807) is 0 Å². The third-order valence-corrected chi connectivity index (χ3v) is 4.95. The molecule has 1 aliphatic carbocycles. The molecule has 3 atom stereocenters. The summed E-state index contributed by atoms with van der Waals surface area (Å²) in [6, 6.07) is 5.90. The van der Waals surface area contributed by atoms with Crippen molar-refractivity contribution in [1.82, 2.24) is 5.43 Å². The highest BCUT2D eigenvalue weighted by Gasteiger charge is 2.27. The molecule has 0 aliphatic heterocycles. The number of nitrogens with one attached hydrogen (secondary N) is 1. The molecule has 0 heterocycles. The third-order valence-electron chi connectivity index (χ3n) is 4.25. The minimum absolute atomic E-state index is 0.250. The van der Waals surface area contributed by atoms with Gasteiger partial charge in [-0.2, -0.15) is 0 Å². The van der Waals surface area contributed by atoms with E-state index in [1.165, 1.54) is 25.7 Å². The van der Waals surface area contributed by atoms with Crippen molar-refractivity contribution in [1.29, 1.82) is 0 Å². The van der Waals surface area contributed by atoms with Crippen LogP contribution in [0.2, 0.25) is 10.0 Å². The molecule has 1 aromatic rings. The second-order valence-corrected chi connectivity index (χ2v) is 6.52. The normalized spacial score (nSPS) is 25.3. The van der Waals surface area contributed by atoms with Crippen molar-refractivity contribution < 1.29 is 0 Å². The van der Waals surface area contributed by atoms with Gasteiger partial charge in [-0.25, -0.2) is 0 Å². The van der Waals surface area contributed by atoms with Crippen LogP contribution in [0.5, 0.6) is 0 Å². The second-order valence-electron chi connectivity index (χ2n) is 5.71. The summed E-state index contributed by atoms with van der Waals surface area (Å²) >= 11 is 12.5. The number of halogens is 2. The molecular weight excluding hydrogens is 279 g/mol. The van der Waals surface area contributed by atoms with Crippen LogP contribution in [0.3, 0.4) is 0 Å². The van der Waals surface area contributed by atoms with Gasteiger partial charge in [0.15, 0.2) is 0 Å². The Bertz CT molecular complexity index is 402. The van der Waals surface area contributed by atoms with Crippen LogP contribution >= 0.6 is 23.2 Å². The monoisotopic (exact) mass is 300 g/mol. The van der Waals surface area contributed by atoms with Crippen molar-refractivity contribution in [3.05, 3.63) is 33.8 Å². The number of benzene rings is 1. The standard InChI is InChI=1S/C15H22Cl2N2/c1-10-4-2-5-11(8-10)15(19-18)9-12-13(16)6-3-7-14(12)17/h3,6-7,10-11,15,19H,2,4-5,8-9,18H2,1H3. The van der Waals surface area contributed by atoms with Gasteiger partial charge in [0.2, 0.25) is 0 Å². The predicted octanol–water partition coefficient (Wildman–Crippen LogP) is 4.19. The average Bonchev–Trinajstić information content (AvgIpc) is 2.38. The molecule has 19 heavy (non-hydrogen) atoms. The second kappa shape index (κ2) is 6.94. The molecule has 3 unspecified atom stereocenters. The molecule has 1 aliphatic rings. The quantitative estimate of drug-likeness (QED) is 0.646. The first-order valence-electron chi connectivity index (χ1n) is 7.00. The van der Waals surface area contributed by atoms with Gasteiger partial charge in [0, 0.05) is 16.1 Å². The Morgan fingerprint density at radius 3 is 2.58 bits per heavy atom. The molecule has 1 saturated carbocycles. The van der Waals surface area contributed by atoms with Crippen LogP contribution in [0, 0.1) is 11.8 Å². The van der Waals surface area contributed by atoms with E-state index in [0.717, 1.165) is 27.9 Å². The number of rotatable bonds is 4. The Balaban J connectivity index is 2.10. The van der Waals surface area contributed by atoms with E-state index in [4.69, 9.17) is 29.0 Å². The Labute approximate surface area is 125 Å². The van der Waals surface area contributed by atoms with Gasteiger partial charge in [-0.1, -0.05) is 49.0 Å². The lowest BCUT2D eigenvalue weighted by Crippen LogP contribution is -2.44. The van der Waals surface area contributed by atoms with E-state index in [2.05, 4.69) is 12.3 Å². The Morgan fingerprint density at radius 1 is 1.32 bits per heavy atom. The first kappa shape index (κ1) is 15.1. The molecule has 0 aromatic heterocycles. The van der Waals surface area contributed by atoms with E-state index >= 15 is 0 Å². The van der Waals surface area contributed by atoms with Crippen LogP contribution in [0.15, 0.2) is 18.2 Å². The van der Waals surface area contributed by atoms with E-state index < -0.39 is 0 Å². The molecule has 106 valence electrons. The molecule has 0 spiro atoms. The summed E-state index contributed by atoms with van der Waals surface area (Å²) in [6.45, 7) is 2.32. The van der Waals surface area contributed by atoms with Crippen molar-refractivity contribution in [3.8, 4) is 0 Å². The molecule has 2 rings (SSSR count). The first-order chi connectivity index (χ1) is 9.11. The summed E-state index contributed by atoms with van der Waals surface area (Å²) in [7, 11) is 0. The lowest BCUT2D eigenvalue weighted by atomic mass is 9.77. The van der Waals surface area contributed by atoms with Crippen LogP contribution in [0.1, 0.15) is 38.2 Å². The van der Waals surface area contributed by atoms with Crippen molar-refractivity contribution >= 4 is 23.2 Å². The van der Waals surface area contributed by atoms with Crippen molar-refractivity contribution in [2.75, 3.05) is 0 Å². The van der Waals surface area contributed by atoms with Gasteiger partial charge in [-0.05, 0) is 48.8 Å². The van der Waals surface area contributed by atoms with Crippen molar-refractivity contribution in [2.45, 2.75) is 45.1 Å². The topological polar surface area (TPSA) is 38.0 Å². The van der Waals surface area contributed by atoms with Crippen LogP contribution < -0.4 is 11.3 Å².